The predicted molar refractivity (Wildman–Crippen MR) is 164 cm³/mol. The predicted octanol–water partition coefficient (Wildman–Crippen LogP) is 6.99. The molecule has 0 bridgehead atoms. The molecule has 0 aliphatic carbocycles. The average molecular weight is 669 g/mol. The topological polar surface area (TPSA) is 145 Å². The number of fused-ring (bicyclic) bond motifs is 1. The number of hydrogen-bond acceptors (Lipinski definition) is 7. The van der Waals surface area contributed by atoms with Crippen LogP contribution in [-0.4, -0.2) is 46.3 Å². The molecule has 5 N–H and O–H groups in total. The van der Waals surface area contributed by atoms with Gasteiger partial charge in [0.15, 0.2) is 0 Å². The molecule has 0 saturated heterocycles. The molecule has 1 aromatic heterocycles. The minimum Gasteiger partial charge on any atom is -0.487 e. The number of halogens is 6. The van der Waals surface area contributed by atoms with Gasteiger partial charge in [0.25, 0.3) is 18.2 Å². The maximum absolute atomic E-state index is 13.6. The zero-order valence-electron chi connectivity index (χ0n) is 22.7. The monoisotopic (exact) mass is 667 g/mol. The number of imidazole rings is 1. The lowest BCUT2D eigenvalue weighted by Crippen LogP contribution is -2.30. The second-order valence-electron chi connectivity index (χ2n) is 9.21. The molecule has 3 aromatic carbocycles. The van der Waals surface area contributed by atoms with E-state index in [9.17, 15) is 22.8 Å². The van der Waals surface area contributed by atoms with Crippen molar-refractivity contribution in [1.82, 2.24) is 14.9 Å². The summed E-state index contributed by atoms with van der Waals surface area (Å²) in [7, 11) is 1.62. The van der Waals surface area contributed by atoms with Crippen LogP contribution in [-0.2, 0) is 18.4 Å². The number of amides is 2. The molecule has 10 nitrogen and oxygen atoms in total. The number of anilines is 3. The Balaban J connectivity index is 1.66. The molecule has 0 atom stereocenters. The zero-order valence-corrected chi connectivity index (χ0v) is 25.0. The number of ether oxygens (including phenoxy) is 1. The molecule has 230 valence electrons. The Morgan fingerprint density at radius 2 is 1.86 bits per heavy atom. The van der Waals surface area contributed by atoms with Crippen molar-refractivity contribution in [3.05, 3.63) is 74.5 Å². The summed E-state index contributed by atoms with van der Waals surface area (Å²) >= 11 is 18.8. The van der Waals surface area contributed by atoms with Crippen LogP contribution >= 0.6 is 34.8 Å². The lowest BCUT2D eigenvalue weighted by molar-refractivity contribution is -0.115. The van der Waals surface area contributed by atoms with Gasteiger partial charge in [-0.3, -0.25) is 15.0 Å². The maximum atomic E-state index is 13.6. The quantitative estimate of drug-likeness (QED) is 0.103. The number of carbonyl (C=O) groups excluding carboxylic acids is 2. The van der Waals surface area contributed by atoms with Gasteiger partial charge in [-0.1, -0.05) is 40.9 Å². The summed E-state index contributed by atoms with van der Waals surface area (Å²) < 4.78 is 46.5. The summed E-state index contributed by atoms with van der Waals surface area (Å²) in [5.41, 5.74) is 1.15. The highest BCUT2D eigenvalue weighted by Crippen LogP contribution is 2.37. The van der Waals surface area contributed by atoms with E-state index in [0.717, 1.165) is 12.3 Å². The molecular weight excluding hydrogens is 646 g/mol. The molecule has 4 rings (SSSR count). The number of carbonyl (C=O) groups is 2. The van der Waals surface area contributed by atoms with Crippen molar-refractivity contribution < 1.29 is 27.5 Å². The summed E-state index contributed by atoms with van der Waals surface area (Å²) in [6.07, 6.45) is -1.98. The molecule has 16 heteroatoms. The van der Waals surface area contributed by atoms with E-state index in [1.807, 2.05) is 0 Å². The van der Waals surface area contributed by atoms with Gasteiger partial charge >= 0.3 is 0 Å². The van der Waals surface area contributed by atoms with E-state index in [4.69, 9.17) is 50.4 Å². The number of nitrogens with one attached hydrogen (secondary N) is 5. The molecule has 2 amide bonds. The zero-order chi connectivity index (χ0) is 32.1. The molecule has 0 aliphatic heterocycles. The van der Waals surface area contributed by atoms with Gasteiger partial charge < -0.3 is 30.7 Å². The third-order valence-electron chi connectivity index (χ3n) is 6.20. The fraction of sp³-hybridized carbons (Fsp3) is 0.179. The van der Waals surface area contributed by atoms with Crippen LogP contribution in [0.2, 0.25) is 15.1 Å². The molecule has 0 saturated carbocycles. The number of aromatic nitrogens is 2. The van der Waals surface area contributed by atoms with Crippen LogP contribution in [0.25, 0.3) is 11.0 Å². The van der Waals surface area contributed by atoms with Gasteiger partial charge in [0.05, 0.1) is 37.4 Å². The van der Waals surface area contributed by atoms with Crippen molar-refractivity contribution in [2.75, 3.05) is 17.2 Å². The lowest BCUT2D eigenvalue weighted by Gasteiger charge is -2.14. The maximum Gasteiger partial charge on any atom is 0.272 e. The Labute approximate surface area is 263 Å². The van der Waals surface area contributed by atoms with Crippen molar-refractivity contribution in [3.8, 4) is 5.75 Å². The van der Waals surface area contributed by atoms with E-state index >= 15 is 0 Å². The van der Waals surface area contributed by atoms with Crippen LogP contribution in [0.5, 0.6) is 5.75 Å². The molecule has 0 unspecified atom stereocenters. The van der Waals surface area contributed by atoms with Crippen molar-refractivity contribution in [2.45, 2.75) is 19.4 Å². The van der Waals surface area contributed by atoms with Crippen molar-refractivity contribution in [1.29, 1.82) is 10.8 Å². The summed E-state index contributed by atoms with van der Waals surface area (Å²) in [6.45, 7) is -1.01. The number of rotatable bonds is 12. The van der Waals surface area contributed by atoms with Gasteiger partial charge in [-0.2, -0.15) is 0 Å². The van der Waals surface area contributed by atoms with Gasteiger partial charge in [0.2, 0.25) is 5.95 Å². The number of benzene rings is 3. The third-order valence-corrected chi connectivity index (χ3v) is 7.23. The number of hydrogen-bond donors (Lipinski definition) is 5. The summed E-state index contributed by atoms with van der Waals surface area (Å²) in [5, 5.41) is 23.0. The number of nitrogens with zero attached hydrogens (tertiary/aromatic N) is 2. The van der Waals surface area contributed by atoms with E-state index in [-0.39, 0.29) is 67.9 Å². The fourth-order valence-electron chi connectivity index (χ4n) is 3.99. The van der Waals surface area contributed by atoms with Crippen LogP contribution < -0.4 is 20.7 Å². The van der Waals surface area contributed by atoms with E-state index in [2.05, 4.69) is 20.9 Å². The van der Waals surface area contributed by atoms with Gasteiger partial charge in [-0.15, -0.1) is 0 Å². The summed E-state index contributed by atoms with van der Waals surface area (Å²) in [4.78, 5) is 29.8. The second kappa shape index (κ2) is 14.0. The first kappa shape index (κ1) is 32.6. The molecular formula is C28H23Cl3F3N7O3. The van der Waals surface area contributed by atoms with E-state index in [0.29, 0.717) is 11.1 Å². The standard InChI is InChI=1S/C28H23Cl3F3N7O3/c1-41-21-10-22(44-12-23(33)34)15(26(42)38-14-3-5-18(32)17(30)8-14)9-20(21)39-28(41)40-25-16(29)4-2-13(24(25)31)11-37-27(43)19(36)6-7-35/h2-5,7-10,23,35-36H,6,11-12H2,1H3,(H,37,43)(H,38,42)(H,39,40). The largest absolute Gasteiger partial charge is 0.487 e. The van der Waals surface area contributed by atoms with Crippen molar-refractivity contribution in [2.24, 2.45) is 7.05 Å². The fourth-order valence-corrected chi connectivity index (χ4v) is 4.70. The van der Waals surface area contributed by atoms with Gasteiger partial charge in [0, 0.05) is 38.0 Å². The highest BCUT2D eigenvalue weighted by molar-refractivity contribution is 6.40. The second-order valence-corrected chi connectivity index (χ2v) is 10.4. The smallest absolute Gasteiger partial charge is 0.272 e. The highest BCUT2D eigenvalue weighted by Gasteiger charge is 2.21. The highest BCUT2D eigenvalue weighted by atomic mass is 35.5. The Kier molecular flexibility index (Phi) is 10.3. The van der Waals surface area contributed by atoms with Crippen LogP contribution in [0.1, 0.15) is 22.3 Å². The van der Waals surface area contributed by atoms with Gasteiger partial charge in [-0.05, 0) is 35.9 Å². The average Bonchev–Trinajstić information content (AvgIpc) is 3.28. The first-order chi connectivity index (χ1) is 20.9. The van der Waals surface area contributed by atoms with E-state index in [1.165, 1.54) is 24.3 Å². The van der Waals surface area contributed by atoms with Crippen LogP contribution in [0.3, 0.4) is 0 Å². The SMILES string of the molecule is Cn1c(Nc2c(Cl)ccc(CNC(=O)C(=N)CC=N)c2Cl)nc2cc(C(=O)Nc3ccc(F)c(Cl)c3)c(OCC(F)F)cc21. The molecule has 0 radical (unpaired) electrons. The molecule has 4 aromatic rings. The lowest BCUT2D eigenvalue weighted by atomic mass is 10.1. The summed E-state index contributed by atoms with van der Waals surface area (Å²) in [5.74, 6) is -2.03. The van der Waals surface area contributed by atoms with Crippen molar-refractivity contribution in [3.63, 3.8) is 0 Å². The van der Waals surface area contributed by atoms with Crippen molar-refractivity contribution >= 4 is 86.9 Å². The van der Waals surface area contributed by atoms with Crippen LogP contribution in [0.15, 0.2) is 42.5 Å². The van der Waals surface area contributed by atoms with Crippen LogP contribution in [0, 0.1) is 16.6 Å². The van der Waals surface area contributed by atoms with Gasteiger partial charge in [0.1, 0.15) is 23.9 Å². The Morgan fingerprint density at radius 1 is 1.11 bits per heavy atom. The number of aryl methyl sites for hydroxylation is 1. The first-order valence-electron chi connectivity index (χ1n) is 12.7. The number of alkyl halides is 2. The Bertz CT molecular complexity index is 1780. The third kappa shape index (κ3) is 7.41. The van der Waals surface area contributed by atoms with Gasteiger partial charge in [-0.25, -0.2) is 18.2 Å². The van der Waals surface area contributed by atoms with E-state index in [1.54, 1.807) is 23.7 Å². The molecule has 44 heavy (non-hydrogen) atoms. The van der Waals surface area contributed by atoms with Crippen LogP contribution in [0.4, 0.5) is 30.5 Å². The Morgan fingerprint density at radius 3 is 2.55 bits per heavy atom. The minimum absolute atomic E-state index is 0.0327. The molecule has 0 fully saturated rings. The first-order valence-corrected chi connectivity index (χ1v) is 13.8. The Hall–Kier alpha value is -4.33. The molecule has 0 spiro atoms. The molecule has 0 aliphatic rings. The molecule has 1 heterocycles. The van der Waals surface area contributed by atoms with E-state index < -0.39 is 30.7 Å². The summed E-state index contributed by atoms with van der Waals surface area (Å²) in [6, 6.07) is 9.41. The normalized spacial score (nSPS) is 11.0. The minimum atomic E-state index is -2.82.